The Morgan fingerprint density at radius 2 is 2.11 bits per heavy atom. The van der Waals surface area contributed by atoms with Gasteiger partial charge in [-0.15, -0.1) is 0 Å². The van der Waals surface area contributed by atoms with Crippen molar-refractivity contribution in [1.82, 2.24) is 4.81 Å². The zero-order valence-corrected chi connectivity index (χ0v) is 10.9. The average molecular weight is 263 g/mol. The number of nitrogens with zero attached hydrogens (tertiary/aromatic N) is 1. The average Bonchev–Trinajstić information content (AvgIpc) is 2.69. The molecule has 0 aliphatic carbocycles. The normalized spacial score (nSPS) is 27.4. The number of aliphatic carboxylic acids is 1. The molecule has 3 N–H and O–H groups in total. The van der Waals surface area contributed by atoms with Crippen molar-refractivity contribution in [2.45, 2.75) is 31.3 Å². The monoisotopic (exact) mass is 263 g/mol. The molecule has 1 fully saturated rings. The summed E-state index contributed by atoms with van der Waals surface area (Å²) in [5.74, 6) is -1.01. The molecule has 0 aromatic heterocycles. The van der Waals surface area contributed by atoms with Gasteiger partial charge in [-0.1, -0.05) is 30.3 Å². The van der Waals surface area contributed by atoms with E-state index in [1.165, 1.54) is 11.6 Å². The van der Waals surface area contributed by atoms with E-state index in [2.05, 4.69) is 0 Å². The third kappa shape index (κ3) is 3.15. The Bertz CT molecular complexity index is 453. The van der Waals surface area contributed by atoms with Crippen molar-refractivity contribution in [3.8, 4) is 0 Å². The maximum atomic E-state index is 11.2. The number of rotatable bonds is 4. The highest BCUT2D eigenvalue weighted by molar-refractivity contribution is 6.45. The van der Waals surface area contributed by atoms with Gasteiger partial charge in [-0.05, 0) is 12.4 Å². The van der Waals surface area contributed by atoms with Crippen molar-refractivity contribution in [3.63, 3.8) is 0 Å². The molecule has 6 heteroatoms. The fourth-order valence-electron chi connectivity index (χ4n) is 2.72. The lowest BCUT2D eigenvalue weighted by molar-refractivity contribution is -0.141. The molecule has 0 bridgehead atoms. The largest absolute Gasteiger partial charge is 0.480 e. The number of β-amino-alcohol motifs (C(OH)–C–C–N with tert-alkyl or cyclic N) is 1. The molecule has 2 rings (SSSR count). The van der Waals surface area contributed by atoms with Crippen LogP contribution in [0.1, 0.15) is 12.0 Å². The van der Waals surface area contributed by atoms with Crippen LogP contribution in [0.2, 0.25) is 6.82 Å². The molecule has 0 saturated carbocycles. The number of hydrogen-bond donors (Lipinski definition) is 3. The Labute approximate surface area is 112 Å². The molecule has 1 aliphatic heterocycles. The Balaban J connectivity index is 2.15. The van der Waals surface area contributed by atoms with Gasteiger partial charge in [-0.2, -0.15) is 0 Å². The quantitative estimate of drug-likeness (QED) is 0.677. The summed E-state index contributed by atoms with van der Waals surface area (Å²) in [7, 11) is -0.883. The Kier molecular flexibility index (Phi) is 3.94. The van der Waals surface area contributed by atoms with Gasteiger partial charge in [0.15, 0.2) is 0 Å². The Morgan fingerprint density at radius 3 is 2.58 bits per heavy atom. The lowest BCUT2D eigenvalue weighted by Gasteiger charge is -2.24. The molecule has 19 heavy (non-hydrogen) atoms. The van der Waals surface area contributed by atoms with Gasteiger partial charge in [0.2, 0.25) is 0 Å². The second-order valence-electron chi connectivity index (χ2n) is 5.25. The van der Waals surface area contributed by atoms with Gasteiger partial charge >= 0.3 is 13.0 Å². The lowest BCUT2D eigenvalue weighted by atomic mass is 9.84. The number of hydrogen-bond acceptors (Lipinski definition) is 4. The van der Waals surface area contributed by atoms with E-state index >= 15 is 0 Å². The van der Waals surface area contributed by atoms with Crippen molar-refractivity contribution in [2.75, 3.05) is 6.54 Å². The van der Waals surface area contributed by atoms with E-state index in [1.807, 2.05) is 30.3 Å². The van der Waals surface area contributed by atoms with Crippen molar-refractivity contribution in [1.29, 1.82) is 0 Å². The summed E-state index contributed by atoms with van der Waals surface area (Å²) in [4.78, 5) is 12.6. The summed E-state index contributed by atoms with van der Waals surface area (Å²) in [6, 6.07) is 8.62. The smallest absolute Gasteiger partial charge is 0.377 e. The second-order valence-corrected chi connectivity index (χ2v) is 5.25. The first kappa shape index (κ1) is 14.1. The SMILES string of the molecule is CB(O)N1CC(O)(Cc2ccccc2)CC1C(=O)O. The molecular weight excluding hydrogens is 245 g/mol. The van der Waals surface area contributed by atoms with Crippen molar-refractivity contribution in [2.24, 2.45) is 0 Å². The third-order valence-electron chi connectivity index (χ3n) is 3.59. The highest BCUT2D eigenvalue weighted by atomic mass is 16.4. The third-order valence-corrected chi connectivity index (χ3v) is 3.59. The minimum atomic E-state index is -1.11. The highest BCUT2D eigenvalue weighted by Crippen LogP contribution is 2.31. The number of benzene rings is 1. The van der Waals surface area contributed by atoms with Crippen LogP contribution in [0, 0.1) is 0 Å². The number of carboxylic acid groups (broad SMARTS) is 1. The van der Waals surface area contributed by atoms with E-state index in [4.69, 9.17) is 5.11 Å². The number of aliphatic hydroxyl groups is 1. The van der Waals surface area contributed by atoms with Crippen LogP contribution >= 0.6 is 0 Å². The van der Waals surface area contributed by atoms with Gasteiger partial charge in [0.25, 0.3) is 0 Å². The van der Waals surface area contributed by atoms with Crippen molar-refractivity contribution >= 4 is 13.0 Å². The van der Waals surface area contributed by atoms with Gasteiger partial charge < -0.3 is 20.0 Å². The lowest BCUT2D eigenvalue weighted by Crippen LogP contribution is -2.45. The van der Waals surface area contributed by atoms with Crippen molar-refractivity contribution < 1.29 is 20.0 Å². The topological polar surface area (TPSA) is 81.0 Å². The van der Waals surface area contributed by atoms with Crippen molar-refractivity contribution in [3.05, 3.63) is 35.9 Å². The van der Waals surface area contributed by atoms with E-state index < -0.39 is 24.7 Å². The van der Waals surface area contributed by atoms with Crippen LogP contribution in [0.15, 0.2) is 30.3 Å². The summed E-state index contributed by atoms with van der Waals surface area (Å²) in [5, 5.41) is 29.4. The summed E-state index contributed by atoms with van der Waals surface area (Å²) >= 11 is 0. The fraction of sp³-hybridized carbons (Fsp3) is 0.462. The predicted molar refractivity (Wildman–Crippen MR) is 71.7 cm³/mol. The first-order valence-corrected chi connectivity index (χ1v) is 6.34. The fourth-order valence-corrected chi connectivity index (χ4v) is 2.72. The Morgan fingerprint density at radius 1 is 1.47 bits per heavy atom. The number of carbonyl (C=O) groups is 1. The summed E-state index contributed by atoms with van der Waals surface area (Å²) in [5.41, 5.74) is -0.150. The van der Waals surface area contributed by atoms with Gasteiger partial charge in [0, 0.05) is 19.4 Å². The van der Waals surface area contributed by atoms with E-state index in [1.54, 1.807) is 0 Å². The van der Waals surface area contributed by atoms with Gasteiger partial charge in [0.05, 0.1) is 5.60 Å². The zero-order valence-electron chi connectivity index (χ0n) is 10.9. The molecule has 5 nitrogen and oxygen atoms in total. The minimum absolute atomic E-state index is 0.127. The molecule has 2 atom stereocenters. The first-order valence-electron chi connectivity index (χ1n) is 6.34. The van der Waals surface area contributed by atoms with Gasteiger partial charge in [-0.25, -0.2) is 0 Å². The number of carboxylic acids is 1. The van der Waals surface area contributed by atoms with Crippen LogP contribution in [-0.2, 0) is 11.2 Å². The van der Waals surface area contributed by atoms with E-state index in [9.17, 15) is 14.9 Å². The standard InChI is InChI=1S/C13H18BNO4/c1-14(19)15-9-13(18,8-11(15)12(16)17)7-10-5-3-2-4-6-10/h2-6,11,18-19H,7-9H2,1H3,(H,16,17). The summed E-state index contributed by atoms with van der Waals surface area (Å²) < 4.78 is 0. The first-order chi connectivity index (χ1) is 8.91. The van der Waals surface area contributed by atoms with Crippen LogP contribution in [0.3, 0.4) is 0 Å². The minimum Gasteiger partial charge on any atom is -0.480 e. The molecule has 1 aliphatic rings. The van der Waals surface area contributed by atoms with Gasteiger partial charge in [-0.3, -0.25) is 4.79 Å². The van der Waals surface area contributed by atoms with Crippen LogP contribution in [0.4, 0.5) is 0 Å². The van der Waals surface area contributed by atoms with Crippen LogP contribution in [-0.4, -0.2) is 51.3 Å². The second kappa shape index (κ2) is 5.32. The van der Waals surface area contributed by atoms with Crippen LogP contribution in [0.25, 0.3) is 0 Å². The zero-order chi connectivity index (χ0) is 14.0. The molecule has 1 aromatic rings. The molecule has 1 saturated heterocycles. The summed E-state index contributed by atoms with van der Waals surface area (Å²) in [6.45, 7) is 1.68. The highest BCUT2D eigenvalue weighted by Gasteiger charge is 2.47. The van der Waals surface area contributed by atoms with Crippen LogP contribution in [0.5, 0.6) is 0 Å². The molecule has 2 unspecified atom stereocenters. The molecule has 1 heterocycles. The summed E-state index contributed by atoms with van der Waals surface area (Å²) in [6.07, 6.45) is 0.517. The molecule has 0 spiro atoms. The molecular formula is C13H18BNO4. The molecule has 1 aromatic carbocycles. The molecule has 0 radical (unpaired) electrons. The molecule has 102 valence electrons. The van der Waals surface area contributed by atoms with Gasteiger partial charge in [0.1, 0.15) is 6.04 Å². The maximum absolute atomic E-state index is 11.2. The van der Waals surface area contributed by atoms with E-state index in [-0.39, 0.29) is 13.0 Å². The molecule has 0 amide bonds. The maximum Gasteiger partial charge on any atom is 0.377 e. The van der Waals surface area contributed by atoms with Crippen LogP contribution < -0.4 is 0 Å². The Hall–Kier alpha value is -1.37. The van der Waals surface area contributed by atoms with E-state index in [0.29, 0.717) is 6.42 Å². The predicted octanol–water partition coefficient (Wildman–Crippen LogP) is 0.229. The van der Waals surface area contributed by atoms with E-state index in [0.717, 1.165) is 5.56 Å².